The van der Waals surface area contributed by atoms with Crippen LogP contribution in [0.2, 0.25) is 0 Å². The first kappa shape index (κ1) is 9.37. The zero-order valence-electron chi connectivity index (χ0n) is 6.49. The maximum Gasteiger partial charge on any atom is 0.331 e. The third-order valence-electron chi connectivity index (χ3n) is 1.67. The van der Waals surface area contributed by atoms with E-state index < -0.39 is 22.4 Å². The van der Waals surface area contributed by atoms with Crippen LogP contribution in [0.4, 0.5) is 4.39 Å². The minimum atomic E-state index is -1.24. The van der Waals surface area contributed by atoms with Gasteiger partial charge < -0.3 is 5.11 Å². The molecule has 0 atom stereocenters. The van der Waals surface area contributed by atoms with Crippen molar-refractivity contribution in [3.05, 3.63) is 33.3 Å². The lowest BCUT2D eigenvalue weighted by atomic mass is 10.0. The van der Waals surface area contributed by atoms with E-state index in [4.69, 9.17) is 5.11 Å². The summed E-state index contributed by atoms with van der Waals surface area (Å²) in [4.78, 5) is 19.7. The van der Waals surface area contributed by atoms with Crippen LogP contribution in [0.5, 0.6) is 0 Å². The molecule has 1 aliphatic rings. The number of rotatable bonds is 2. The van der Waals surface area contributed by atoms with Crippen LogP contribution in [0, 0.1) is 10.1 Å². The summed E-state index contributed by atoms with van der Waals surface area (Å²) >= 11 is 0. The Balaban J connectivity index is 3.05. The van der Waals surface area contributed by atoms with Crippen LogP contribution in [0.25, 0.3) is 0 Å². The predicted octanol–water partition coefficient (Wildman–Crippen LogP) is 1.25. The molecular formula is C7H6FNO4. The number of nitro groups is 1. The van der Waals surface area contributed by atoms with Crippen molar-refractivity contribution in [2.24, 2.45) is 0 Å². The smallest absolute Gasteiger partial charge is 0.331 e. The monoisotopic (exact) mass is 187 g/mol. The Morgan fingerprint density at radius 1 is 1.62 bits per heavy atom. The van der Waals surface area contributed by atoms with E-state index >= 15 is 0 Å². The second-order valence-corrected chi connectivity index (χ2v) is 2.52. The Bertz CT molecular complexity index is 331. The number of hydrogen-bond donors (Lipinski definition) is 1. The molecule has 0 fully saturated rings. The van der Waals surface area contributed by atoms with Gasteiger partial charge in [0.15, 0.2) is 5.83 Å². The number of carboxylic acids is 1. The topological polar surface area (TPSA) is 80.4 Å². The van der Waals surface area contributed by atoms with E-state index in [9.17, 15) is 19.3 Å². The molecule has 0 aromatic heterocycles. The van der Waals surface area contributed by atoms with Crippen molar-refractivity contribution < 1.29 is 19.2 Å². The average molecular weight is 187 g/mol. The molecule has 0 aromatic carbocycles. The fourth-order valence-corrected chi connectivity index (χ4v) is 1.01. The molecule has 1 N–H and O–H groups in total. The molecule has 0 amide bonds. The Kier molecular flexibility index (Phi) is 2.41. The molecule has 6 heteroatoms. The summed E-state index contributed by atoms with van der Waals surface area (Å²) in [5.41, 5.74) is -0.878. The minimum absolute atomic E-state index is 0.00148. The highest BCUT2D eigenvalue weighted by Crippen LogP contribution is 2.25. The van der Waals surface area contributed by atoms with Gasteiger partial charge >= 0.3 is 11.7 Å². The lowest BCUT2D eigenvalue weighted by Crippen LogP contribution is -2.09. The van der Waals surface area contributed by atoms with Crippen molar-refractivity contribution >= 4 is 5.97 Å². The highest BCUT2D eigenvalue weighted by atomic mass is 19.1. The van der Waals surface area contributed by atoms with E-state index in [-0.39, 0.29) is 18.4 Å². The lowest BCUT2D eigenvalue weighted by molar-refractivity contribution is -0.421. The molecule has 0 spiro atoms. The summed E-state index contributed by atoms with van der Waals surface area (Å²) in [6.07, 6.45) is 0.550. The molecule has 0 aromatic rings. The van der Waals surface area contributed by atoms with Gasteiger partial charge in [-0.15, -0.1) is 0 Å². The SMILES string of the molecule is O=C(O)C1=CC([N+](=O)[O-])=C(F)CC1. The van der Waals surface area contributed by atoms with Gasteiger partial charge in [-0.25, -0.2) is 9.18 Å². The maximum absolute atomic E-state index is 12.7. The molecular weight excluding hydrogens is 181 g/mol. The number of halogens is 1. The lowest BCUT2D eigenvalue weighted by Gasteiger charge is -2.06. The van der Waals surface area contributed by atoms with Crippen molar-refractivity contribution in [1.82, 2.24) is 0 Å². The van der Waals surface area contributed by atoms with E-state index in [2.05, 4.69) is 0 Å². The predicted molar refractivity (Wildman–Crippen MR) is 40.1 cm³/mol. The summed E-state index contributed by atoms with van der Waals surface area (Å²) in [6.45, 7) is 0. The number of aliphatic carboxylic acids is 1. The first-order valence-electron chi connectivity index (χ1n) is 3.49. The number of allylic oxidation sites excluding steroid dienone is 2. The molecule has 13 heavy (non-hydrogen) atoms. The Morgan fingerprint density at radius 3 is 2.69 bits per heavy atom. The molecule has 0 heterocycles. The number of hydrogen-bond acceptors (Lipinski definition) is 3. The van der Waals surface area contributed by atoms with Gasteiger partial charge in [0.2, 0.25) is 0 Å². The van der Waals surface area contributed by atoms with Gasteiger partial charge in [-0.2, -0.15) is 0 Å². The van der Waals surface area contributed by atoms with Crippen molar-refractivity contribution in [2.75, 3.05) is 0 Å². The zero-order chi connectivity index (χ0) is 10.0. The second kappa shape index (κ2) is 3.34. The van der Waals surface area contributed by atoms with E-state index in [1.807, 2.05) is 0 Å². The van der Waals surface area contributed by atoms with Crippen LogP contribution in [-0.2, 0) is 4.79 Å². The third kappa shape index (κ3) is 1.90. The molecule has 0 aliphatic heterocycles. The summed E-state index contributed by atoms with van der Waals surface area (Å²) in [5.74, 6) is -2.11. The molecule has 0 saturated heterocycles. The van der Waals surface area contributed by atoms with Gasteiger partial charge in [0.25, 0.3) is 0 Å². The number of carbonyl (C=O) groups is 1. The largest absolute Gasteiger partial charge is 0.478 e. The number of nitrogens with zero attached hydrogens (tertiary/aromatic N) is 1. The fraction of sp³-hybridized carbons (Fsp3) is 0.286. The summed E-state index contributed by atoms with van der Waals surface area (Å²) in [7, 11) is 0. The molecule has 70 valence electrons. The van der Waals surface area contributed by atoms with Crippen LogP contribution in [0.3, 0.4) is 0 Å². The van der Waals surface area contributed by atoms with Crippen molar-refractivity contribution in [2.45, 2.75) is 12.8 Å². The van der Waals surface area contributed by atoms with Gasteiger partial charge in [-0.1, -0.05) is 0 Å². The molecule has 0 saturated carbocycles. The molecule has 1 aliphatic carbocycles. The third-order valence-corrected chi connectivity index (χ3v) is 1.67. The van der Waals surface area contributed by atoms with Gasteiger partial charge in [0.1, 0.15) is 0 Å². The standard InChI is InChI=1S/C7H6FNO4/c8-5-2-1-4(7(10)11)3-6(5)9(12)13/h3H,1-2H2,(H,10,11). The zero-order valence-corrected chi connectivity index (χ0v) is 6.49. The van der Waals surface area contributed by atoms with E-state index in [1.54, 1.807) is 0 Å². The van der Waals surface area contributed by atoms with Gasteiger partial charge in [0, 0.05) is 18.1 Å². The van der Waals surface area contributed by atoms with Gasteiger partial charge in [0.05, 0.1) is 4.92 Å². The van der Waals surface area contributed by atoms with E-state index in [1.165, 1.54) is 0 Å². The first-order chi connectivity index (χ1) is 6.02. The molecule has 0 radical (unpaired) electrons. The van der Waals surface area contributed by atoms with Crippen LogP contribution in [-0.4, -0.2) is 16.0 Å². The quantitative estimate of drug-likeness (QED) is 0.521. The van der Waals surface area contributed by atoms with Crippen LogP contribution in [0.1, 0.15) is 12.8 Å². The summed E-state index contributed by atoms with van der Waals surface area (Å²) < 4.78 is 12.7. The summed E-state index contributed by atoms with van der Waals surface area (Å²) in [6, 6.07) is 0. The van der Waals surface area contributed by atoms with Gasteiger partial charge in [-0.3, -0.25) is 10.1 Å². The highest BCUT2D eigenvalue weighted by molar-refractivity contribution is 5.87. The molecule has 1 rings (SSSR count). The van der Waals surface area contributed by atoms with Crippen molar-refractivity contribution in [3.63, 3.8) is 0 Å². The Morgan fingerprint density at radius 2 is 2.23 bits per heavy atom. The van der Waals surface area contributed by atoms with E-state index in [0.717, 1.165) is 6.08 Å². The Hall–Kier alpha value is -1.72. The summed E-state index contributed by atoms with van der Waals surface area (Å²) in [5, 5.41) is 18.7. The number of carboxylic acid groups (broad SMARTS) is 1. The molecule has 0 unspecified atom stereocenters. The second-order valence-electron chi connectivity index (χ2n) is 2.52. The van der Waals surface area contributed by atoms with E-state index in [0.29, 0.717) is 0 Å². The first-order valence-corrected chi connectivity index (χ1v) is 3.49. The minimum Gasteiger partial charge on any atom is -0.478 e. The molecule has 0 bridgehead atoms. The maximum atomic E-state index is 12.7. The average Bonchev–Trinajstić information content (AvgIpc) is 2.04. The Labute approximate surface area is 72.3 Å². The van der Waals surface area contributed by atoms with Crippen molar-refractivity contribution in [3.8, 4) is 0 Å². The normalized spacial score (nSPS) is 16.8. The van der Waals surface area contributed by atoms with Crippen LogP contribution < -0.4 is 0 Å². The van der Waals surface area contributed by atoms with Gasteiger partial charge in [-0.05, 0) is 6.42 Å². The highest BCUT2D eigenvalue weighted by Gasteiger charge is 2.24. The van der Waals surface area contributed by atoms with Crippen LogP contribution >= 0.6 is 0 Å². The van der Waals surface area contributed by atoms with Crippen molar-refractivity contribution in [1.29, 1.82) is 0 Å². The van der Waals surface area contributed by atoms with Crippen LogP contribution in [0.15, 0.2) is 23.2 Å². The molecule has 5 nitrogen and oxygen atoms in total. The fourth-order valence-electron chi connectivity index (χ4n) is 1.01.